The van der Waals surface area contributed by atoms with E-state index in [-0.39, 0.29) is 11.8 Å². The van der Waals surface area contributed by atoms with Gasteiger partial charge in [-0.25, -0.2) is 0 Å². The molecule has 140 valence electrons. The van der Waals surface area contributed by atoms with Crippen LogP contribution in [0.1, 0.15) is 47.2 Å². The van der Waals surface area contributed by atoms with Gasteiger partial charge in [0, 0.05) is 24.3 Å². The predicted octanol–water partition coefficient (Wildman–Crippen LogP) is 4.39. The van der Waals surface area contributed by atoms with E-state index in [0.29, 0.717) is 17.2 Å². The van der Waals surface area contributed by atoms with E-state index in [9.17, 15) is 9.59 Å². The van der Waals surface area contributed by atoms with Gasteiger partial charge in [0.2, 0.25) is 5.91 Å². The van der Waals surface area contributed by atoms with E-state index in [1.165, 1.54) is 17.2 Å². The van der Waals surface area contributed by atoms with Crippen molar-refractivity contribution in [1.82, 2.24) is 4.90 Å². The average Bonchev–Trinajstić information content (AvgIpc) is 2.73. The number of carbonyl (C=O) groups is 2. The second kappa shape index (κ2) is 8.67. The van der Waals surface area contributed by atoms with Gasteiger partial charge in [-0.15, -0.1) is 0 Å². The third kappa shape index (κ3) is 4.64. The van der Waals surface area contributed by atoms with E-state index >= 15 is 0 Å². The normalized spacial score (nSPS) is 14.6. The minimum atomic E-state index is -0.283. The number of carbonyl (C=O) groups excluding carboxylic acids is 2. The lowest BCUT2D eigenvalue weighted by molar-refractivity contribution is -0.111. The maximum absolute atomic E-state index is 12.8. The van der Waals surface area contributed by atoms with E-state index in [4.69, 9.17) is 0 Å². The van der Waals surface area contributed by atoms with Crippen LogP contribution in [0, 0.1) is 0 Å². The fourth-order valence-electron chi connectivity index (χ4n) is 3.59. The molecule has 4 heteroatoms. The molecular formula is C23H26N2O2. The van der Waals surface area contributed by atoms with Crippen molar-refractivity contribution >= 4 is 17.5 Å². The lowest BCUT2D eigenvalue weighted by Crippen LogP contribution is -2.38. The van der Waals surface area contributed by atoms with Gasteiger partial charge in [-0.2, -0.15) is 0 Å². The summed E-state index contributed by atoms with van der Waals surface area (Å²) in [5, 5.41) is 2.70. The zero-order chi connectivity index (χ0) is 19.2. The maximum atomic E-state index is 12.8. The van der Waals surface area contributed by atoms with Crippen molar-refractivity contribution < 1.29 is 9.59 Å². The first-order valence-corrected chi connectivity index (χ1v) is 9.52. The highest BCUT2D eigenvalue weighted by Gasteiger charge is 2.24. The number of hydrogen-bond acceptors (Lipinski definition) is 2. The van der Waals surface area contributed by atoms with Gasteiger partial charge in [0.15, 0.2) is 0 Å². The number of rotatable bonds is 5. The Labute approximate surface area is 160 Å². The smallest absolute Gasteiger partial charge is 0.253 e. The van der Waals surface area contributed by atoms with Crippen molar-refractivity contribution in [2.45, 2.75) is 32.1 Å². The molecule has 4 nitrogen and oxygen atoms in total. The first-order valence-electron chi connectivity index (χ1n) is 9.52. The van der Waals surface area contributed by atoms with Crippen molar-refractivity contribution in [1.29, 1.82) is 0 Å². The summed E-state index contributed by atoms with van der Waals surface area (Å²) < 4.78 is 0. The predicted molar refractivity (Wildman–Crippen MR) is 109 cm³/mol. The number of hydrogen-bond donors (Lipinski definition) is 1. The van der Waals surface area contributed by atoms with E-state index in [1.54, 1.807) is 24.3 Å². The van der Waals surface area contributed by atoms with Crippen LogP contribution < -0.4 is 5.32 Å². The van der Waals surface area contributed by atoms with Crippen molar-refractivity contribution in [3.05, 3.63) is 77.9 Å². The third-order valence-corrected chi connectivity index (χ3v) is 5.18. The van der Waals surface area contributed by atoms with Gasteiger partial charge < -0.3 is 10.2 Å². The van der Waals surface area contributed by atoms with Gasteiger partial charge in [0.05, 0.1) is 0 Å². The quantitative estimate of drug-likeness (QED) is 0.802. The highest BCUT2D eigenvalue weighted by molar-refractivity contribution is 6.00. The highest BCUT2D eigenvalue weighted by atomic mass is 16.2. The Bertz CT molecular complexity index is 836. The van der Waals surface area contributed by atoms with E-state index in [2.05, 4.69) is 43.1 Å². The van der Waals surface area contributed by atoms with Crippen molar-refractivity contribution in [3.8, 4) is 0 Å². The lowest BCUT2D eigenvalue weighted by Gasteiger charge is -2.32. The molecule has 2 aromatic rings. The average molecular weight is 362 g/mol. The van der Waals surface area contributed by atoms with Crippen LogP contribution >= 0.6 is 0 Å². The minimum absolute atomic E-state index is 0.0189. The molecule has 3 rings (SSSR count). The second-order valence-corrected chi connectivity index (χ2v) is 6.94. The van der Waals surface area contributed by atoms with E-state index in [1.807, 2.05) is 4.90 Å². The van der Waals surface area contributed by atoms with E-state index < -0.39 is 0 Å². The Morgan fingerprint density at radius 3 is 2.59 bits per heavy atom. The number of nitrogens with one attached hydrogen (secondary N) is 1. The first-order chi connectivity index (χ1) is 13.1. The van der Waals surface area contributed by atoms with Crippen LogP contribution in [0.25, 0.3) is 0 Å². The summed E-state index contributed by atoms with van der Waals surface area (Å²) >= 11 is 0. The Hall–Kier alpha value is -2.88. The van der Waals surface area contributed by atoms with E-state index in [0.717, 1.165) is 32.4 Å². The second-order valence-electron chi connectivity index (χ2n) is 6.94. The molecule has 0 aromatic heterocycles. The standard InChI is InChI=1S/C23H26N2O2/c1-3-17-7-5-8-19(15-17)18-11-13-25(14-12-18)23(27)20-9-6-10-21(16-20)24-22(26)4-2/h4-10,15-16,18H,2-3,11-14H2,1H3,(H,24,26). The topological polar surface area (TPSA) is 49.4 Å². The number of amides is 2. The van der Waals surface area contributed by atoms with Gasteiger partial charge in [-0.3, -0.25) is 9.59 Å². The molecule has 2 aromatic carbocycles. The van der Waals surface area contributed by atoms with Crippen molar-refractivity contribution in [2.24, 2.45) is 0 Å². The summed E-state index contributed by atoms with van der Waals surface area (Å²) in [7, 11) is 0. The number of anilines is 1. The van der Waals surface area contributed by atoms with Crippen LogP contribution in [0.15, 0.2) is 61.2 Å². The monoisotopic (exact) mass is 362 g/mol. The molecule has 2 amide bonds. The molecule has 1 saturated heterocycles. The lowest BCUT2D eigenvalue weighted by atomic mass is 9.88. The summed E-state index contributed by atoms with van der Waals surface area (Å²) in [6.45, 7) is 7.12. The van der Waals surface area contributed by atoms with Gasteiger partial charge in [-0.05, 0) is 60.6 Å². The van der Waals surface area contributed by atoms with Gasteiger partial charge >= 0.3 is 0 Å². The Morgan fingerprint density at radius 2 is 1.89 bits per heavy atom. The molecule has 1 N–H and O–H groups in total. The number of likely N-dealkylation sites (tertiary alicyclic amines) is 1. The largest absolute Gasteiger partial charge is 0.339 e. The summed E-state index contributed by atoms with van der Waals surface area (Å²) in [5.74, 6) is 0.249. The number of nitrogens with zero attached hydrogens (tertiary/aromatic N) is 1. The molecule has 1 aliphatic heterocycles. The third-order valence-electron chi connectivity index (χ3n) is 5.18. The molecule has 0 radical (unpaired) electrons. The zero-order valence-corrected chi connectivity index (χ0v) is 15.8. The zero-order valence-electron chi connectivity index (χ0n) is 15.8. The van der Waals surface area contributed by atoms with Crippen LogP contribution in [0.4, 0.5) is 5.69 Å². The summed E-state index contributed by atoms with van der Waals surface area (Å²) in [6.07, 6.45) is 4.22. The van der Waals surface area contributed by atoms with Crippen LogP contribution in [-0.4, -0.2) is 29.8 Å². The molecule has 0 spiro atoms. The molecule has 0 aliphatic carbocycles. The molecule has 0 atom stereocenters. The van der Waals surface area contributed by atoms with Crippen molar-refractivity contribution in [2.75, 3.05) is 18.4 Å². The molecule has 1 fully saturated rings. The fraction of sp³-hybridized carbons (Fsp3) is 0.304. The molecular weight excluding hydrogens is 336 g/mol. The Morgan fingerprint density at radius 1 is 1.15 bits per heavy atom. The Kier molecular flexibility index (Phi) is 6.07. The van der Waals surface area contributed by atoms with Crippen LogP contribution in [-0.2, 0) is 11.2 Å². The highest BCUT2D eigenvalue weighted by Crippen LogP contribution is 2.29. The maximum Gasteiger partial charge on any atom is 0.253 e. The molecule has 0 unspecified atom stereocenters. The fourth-order valence-corrected chi connectivity index (χ4v) is 3.59. The Balaban J connectivity index is 1.63. The molecule has 0 bridgehead atoms. The summed E-state index contributed by atoms with van der Waals surface area (Å²) in [4.78, 5) is 26.2. The van der Waals surface area contributed by atoms with Crippen molar-refractivity contribution in [3.63, 3.8) is 0 Å². The molecule has 1 heterocycles. The molecule has 27 heavy (non-hydrogen) atoms. The minimum Gasteiger partial charge on any atom is -0.339 e. The van der Waals surface area contributed by atoms with Crippen LogP contribution in [0.5, 0.6) is 0 Å². The number of aryl methyl sites for hydroxylation is 1. The van der Waals surface area contributed by atoms with Gasteiger partial charge in [0.25, 0.3) is 5.91 Å². The molecule has 0 saturated carbocycles. The molecule has 1 aliphatic rings. The number of benzene rings is 2. The SMILES string of the molecule is C=CC(=O)Nc1cccc(C(=O)N2CCC(c3cccc(CC)c3)CC2)c1. The first kappa shape index (κ1) is 18.9. The summed E-state index contributed by atoms with van der Waals surface area (Å²) in [5.41, 5.74) is 3.96. The van der Waals surface area contributed by atoms with Crippen LogP contribution in [0.2, 0.25) is 0 Å². The van der Waals surface area contributed by atoms with Crippen LogP contribution in [0.3, 0.4) is 0 Å². The summed E-state index contributed by atoms with van der Waals surface area (Å²) in [6, 6.07) is 15.9. The van der Waals surface area contributed by atoms with Gasteiger partial charge in [-0.1, -0.05) is 43.8 Å². The van der Waals surface area contributed by atoms with Gasteiger partial charge in [0.1, 0.15) is 0 Å². The number of piperidine rings is 1.